The monoisotopic (exact) mass is 465 g/mol. The number of hydrogen-bond acceptors (Lipinski definition) is 4. The molecule has 0 saturated carbocycles. The fraction of sp³-hybridized carbons (Fsp3) is 0.250. The van der Waals surface area contributed by atoms with E-state index >= 15 is 0 Å². The van der Waals surface area contributed by atoms with Crippen LogP contribution in [-0.2, 0) is 24.4 Å². The minimum absolute atomic E-state index is 0.114. The zero-order valence-electron chi connectivity index (χ0n) is 18.3. The van der Waals surface area contributed by atoms with Crippen molar-refractivity contribution in [1.82, 2.24) is 25.3 Å². The molecule has 3 amide bonds. The molecule has 1 atom stereocenters. The van der Waals surface area contributed by atoms with Gasteiger partial charge in [0.1, 0.15) is 11.2 Å². The van der Waals surface area contributed by atoms with Gasteiger partial charge in [-0.05, 0) is 30.2 Å². The normalized spacial score (nSPS) is 17.4. The molecule has 0 bridgehead atoms. The Morgan fingerprint density at radius 3 is 2.45 bits per heavy atom. The number of halogens is 1. The maximum Gasteiger partial charge on any atom is 0.272 e. The second kappa shape index (κ2) is 9.07. The van der Waals surface area contributed by atoms with Crippen molar-refractivity contribution in [2.24, 2.45) is 0 Å². The van der Waals surface area contributed by atoms with E-state index in [9.17, 15) is 14.4 Å². The van der Waals surface area contributed by atoms with Gasteiger partial charge in [-0.2, -0.15) is 5.10 Å². The van der Waals surface area contributed by atoms with Gasteiger partial charge < -0.3 is 15.5 Å². The van der Waals surface area contributed by atoms with Crippen LogP contribution < -0.4 is 10.6 Å². The number of rotatable bonds is 6. The predicted octanol–water partition coefficient (Wildman–Crippen LogP) is 2.63. The molecule has 0 spiro atoms. The number of fused-ring (bicyclic) bond motifs is 1. The van der Waals surface area contributed by atoms with Gasteiger partial charge in [-0.25, -0.2) is 0 Å². The quantitative estimate of drug-likeness (QED) is 0.585. The second-order valence-corrected chi connectivity index (χ2v) is 8.63. The number of likely N-dealkylation sites (N-methyl/N-ethyl adjacent to an activating group) is 1. The Hall–Kier alpha value is -3.65. The Labute approximate surface area is 196 Å². The Balaban J connectivity index is 1.47. The van der Waals surface area contributed by atoms with Gasteiger partial charge in [0.2, 0.25) is 5.91 Å². The number of nitrogens with one attached hydrogen (secondary N) is 2. The molecule has 1 aliphatic rings. The van der Waals surface area contributed by atoms with Gasteiger partial charge in [-0.1, -0.05) is 54.1 Å². The largest absolute Gasteiger partial charge is 0.350 e. The van der Waals surface area contributed by atoms with Crippen molar-refractivity contribution < 1.29 is 14.4 Å². The van der Waals surface area contributed by atoms with Crippen LogP contribution in [0.1, 0.15) is 39.0 Å². The summed E-state index contributed by atoms with van der Waals surface area (Å²) in [7, 11) is 1.58. The zero-order chi connectivity index (χ0) is 23.6. The van der Waals surface area contributed by atoms with E-state index in [0.717, 1.165) is 11.1 Å². The van der Waals surface area contributed by atoms with E-state index in [1.807, 2.05) is 36.4 Å². The summed E-state index contributed by atoms with van der Waals surface area (Å²) in [6, 6.07) is 18.2. The summed E-state index contributed by atoms with van der Waals surface area (Å²) < 4.78 is 1.43. The van der Waals surface area contributed by atoms with Crippen molar-refractivity contribution in [3.63, 3.8) is 0 Å². The Bertz CT molecular complexity index is 1210. The lowest BCUT2D eigenvalue weighted by atomic mass is 9.96. The maximum absolute atomic E-state index is 13.1. The van der Waals surface area contributed by atoms with Crippen molar-refractivity contribution in [2.75, 3.05) is 7.05 Å². The molecule has 0 fully saturated rings. The molecular weight excluding hydrogens is 442 g/mol. The van der Waals surface area contributed by atoms with E-state index < -0.39 is 11.4 Å². The Morgan fingerprint density at radius 2 is 1.73 bits per heavy atom. The summed E-state index contributed by atoms with van der Waals surface area (Å²) in [5, 5.41) is 10.6. The van der Waals surface area contributed by atoms with E-state index in [0.29, 0.717) is 11.6 Å². The summed E-state index contributed by atoms with van der Waals surface area (Å²) in [5.41, 5.74) is 1.02. The molecule has 2 heterocycles. The molecule has 1 aromatic heterocycles. The maximum atomic E-state index is 13.1. The van der Waals surface area contributed by atoms with Crippen LogP contribution in [0.15, 0.2) is 60.7 Å². The van der Waals surface area contributed by atoms with Crippen LogP contribution in [0.5, 0.6) is 0 Å². The van der Waals surface area contributed by atoms with Crippen LogP contribution in [0.3, 0.4) is 0 Å². The lowest BCUT2D eigenvalue weighted by Crippen LogP contribution is -2.62. The van der Waals surface area contributed by atoms with Crippen LogP contribution >= 0.6 is 11.6 Å². The van der Waals surface area contributed by atoms with E-state index in [4.69, 9.17) is 11.6 Å². The van der Waals surface area contributed by atoms with Crippen molar-refractivity contribution in [3.8, 4) is 0 Å². The standard InChI is InChI=1S/C24H24ClN5O3/c1-24(23(33)27-13-16-7-4-3-5-8-16)15-30-20(22(32)29(24)2)12-19(28-30)21(31)26-14-17-9-6-10-18(25)11-17/h3-12H,13-15H2,1-2H3,(H,26,31)(H,27,33)/t24-/m1/s1. The van der Waals surface area contributed by atoms with Crippen LogP contribution in [-0.4, -0.2) is 45.0 Å². The number of hydrogen-bond donors (Lipinski definition) is 2. The summed E-state index contributed by atoms with van der Waals surface area (Å²) in [5.74, 6) is -1.09. The van der Waals surface area contributed by atoms with E-state index in [2.05, 4.69) is 15.7 Å². The van der Waals surface area contributed by atoms with Gasteiger partial charge >= 0.3 is 0 Å². The third kappa shape index (κ3) is 4.61. The van der Waals surface area contributed by atoms with Crippen LogP contribution in [0.4, 0.5) is 0 Å². The minimum Gasteiger partial charge on any atom is -0.350 e. The third-order valence-corrected chi connectivity index (χ3v) is 6.10. The van der Waals surface area contributed by atoms with E-state index in [-0.39, 0.29) is 36.3 Å². The van der Waals surface area contributed by atoms with Crippen molar-refractivity contribution in [1.29, 1.82) is 0 Å². The van der Waals surface area contributed by atoms with Crippen LogP contribution in [0.2, 0.25) is 5.02 Å². The third-order valence-electron chi connectivity index (χ3n) is 5.86. The highest BCUT2D eigenvalue weighted by atomic mass is 35.5. The lowest BCUT2D eigenvalue weighted by molar-refractivity contribution is -0.132. The topological polar surface area (TPSA) is 96.3 Å². The molecule has 0 radical (unpaired) electrons. The molecule has 3 aromatic rings. The number of carbonyl (C=O) groups excluding carboxylic acids is 3. The lowest BCUT2D eigenvalue weighted by Gasteiger charge is -2.40. The molecule has 0 aliphatic carbocycles. The van der Waals surface area contributed by atoms with Crippen molar-refractivity contribution in [3.05, 3.63) is 88.2 Å². The second-order valence-electron chi connectivity index (χ2n) is 8.19. The zero-order valence-corrected chi connectivity index (χ0v) is 19.1. The summed E-state index contributed by atoms with van der Waals surface area (Å²) in [6.45, 7) is 2.44. The van der Waals surface area contributed by atoms with Crippen LogP contribution in [0.25, 0.3) is 0 Å². The van der Waals surface area contributed by atoms with Gasteiger partial charge in [0.05, 0.1) is 6.54 Å². The molecule has 170 valence electrons. The molecule has 2 aromatic carbocycles. The fourth-order valence-electron chi connectivity index (χ4n) is 3.73. The molecule has 33 heavy (non-hydrogen) atoms. The highest BCUT2D eigenvalue weighted by molar-refractivity contribution is 6.30. The number of nitrogens with zero attached hydrogens (tertiary/aromatic N) is 3. The SMILES string of the molecule is CN1C(=O)c2cc(C(=O)NCc3cccc(Cl)c3)nn2C[C@]1(C)C(=O)NCc1ccccc1. The smallest absolute Gasteiger partial charge is 0.272 e. The highest BCUT2D eigenvalue weighted by Gasteiger charge is 2.46. The van der Waals surface area contributed by atoms with E-state index in [1.54, 1.807) is 32.2 Å². The first kappa shape index (κ1) is 22.5. The molecule has 0 unspecified atom stereocenters. The molecular formula is C24H24ClN5O3. The van der Waals surface area contributed by atoms with Gasteiger partial charge in [-0.15, -0.1) is 0 Å². The first-order chi connectivity index (χ1) is 15.8. The Morgan fingerprint density at radius 1 is 1.03 bits per heavy atom. The summed E-state index contributed by atoms with van der Waals surface area (Å²) in [4.78, 5) is 40.1. The van der Waals surface area contributed by atoms with Crippen LogP contribution in [0, 0.1) is 0 Å². The minimum atomic E-state index is -1.15. The molecule has 1 aliphatic heterocycles. The van der Waals surface area contributed by atoms with E-state index in [1.165, 1.54) is 15.6 Å². The molecule has 4 rings (SSSR count). The average Bonchev–Trinajstić information content (AvgIpc) is 3.24. The van der Waals surface area contributed by atoms with Gasteiger partial charge in [0.15, 0.2) is 5.69 Å². The summed E-state index contributed by atoms with van der Waals surface area (Å²) in [6.07, 6.45) is 0. The summed E-state index contributed by atoms with van der Waals surface area (Å²) >= 11 is 5.98. The van der Waals surface area contributed by atoms with Gasteiger partial charge in [-0.3, -0.25) is 19.1 Å². The molecule has 9 heteroatoms. The van der Waals surface area contributed by atoms with Gasteiger partial charge in [0, 0.05) is 31.2 Å². The Kier molecular flexibility index (Phi) is 6.20. The number of amides is 3. The molecule has 2 N–H and O–H groups in total. The number of carbonyl (C=O) groups is 3. The molecule has 0 saturated heterocycles. The molecule has 8 nitrogen and oxygen atoms in total. The number of aromatic nitrogens is 2. The predicted molar refractivity (Wildman–Crippen MR) is 124 cm³/mol. The first-order valence-corrected chi connectivity index (χ1v) is 10.9. The van der Waals surface area contributed by atoms with Crippen molar-refractivity contribution in [2.45, 2.75) is 32.1 Å². The first-order valence-electron chi connectivity index (χ1n) is 10.5. The van der Waals surface area contributed by atoms with Crippen molar-refractivity contribution >= 4 is 29.3 Å². The fourth-order valence-corrected chi connectivity index (χ4v) is 3.94. The average molecular weight is 466 g/mol. The van der Waals surface area contributed by atoms with Gasteiger partial charge in [0.25, 0.3) is 11.8 Å². The number of benzene rings is 2. The highest BCUT2D eigenvalue weighted by Crippen LogP contribution is 2.26.